The van der Waals surface area contributed by atoms with Crippen molar-refractivity contribution in [2.75, 3.05) is 6.79 Å². The molecule has 0 aliphatic rings. The monoisotopic (exact) mass is 294 g/mol. The summed E-state index contributed by atoms with van der Waals surface area (Å²) in [5, 5.41) is 21.6. The maximum absolute atomic E-state index is 9.82. The summed E-state index contributed by atoms with van der Waals surface area (Å²) in [6, 6.07) is 15.5. The molecule has 0 radical (unpaired) electrons. The molecular weight excluding hydrogens is 280 g/mol. The molecule has 0 spiro atoms. The van der Waals surface area contributed by atoms with Crippen molar-refractivity contribution in [3.8, 4) is 5.88 Å². The molecule has 4 aromatic rings. The number of aliphatic hydroxyl groups excluding tert-OH is 2. The molecule has 5 nitrogen and oxygen atoms in total. The lowest BCUT2D eigenvalue weighted by Gasteiger charge is -2.09. The molecular formula is C17H14N2O3. The largest absolute Gasteiger partial charge is 0.450 e. The Hall–Kier alpha value is -2.63. The third-order valence-corrected chi connectivity index (χ3v) is 3.91. The Morgan fingerprint density at radius 3 is 2.32 bits per heavy atom. The van der Waals surface area contributed by atoms with E-state index in [1.807, 2.05) is 53.1 Å². The fourth-order valence-electron chi connectivity index (χ4n) is 3.03. The second-order valence-electron chi connectivity index (χ2n) is 5.02. The van der Waals surface area contributed by atoms with Crippen molar-refractivity contribution < 1.29 is 14.9 Å². The Morgan fingerprint density at radius 2 is 1.59 bits per heavy atom. The van der Waals surface area contributed by atoms with Gasteiger partial charge in [0.25, 0.3) is 0 Å². The van der Waals surface area contributed by atoms with E-state index in [4.69, 9.17) is 9.84 Å². The van der Waals surface area contributed by atoms with Crippen molar-refractivity contribution in [1.82, 2.24) is 9.55 Å². The highest BCUT2D eigenvalue weighted by molar-refractivity contribution is 6.16. The zero-order valence-electron chi connectivity index (χ0n) is 11.7. The van der Waals surface area contributed by atoms with Gasteiger partial charge >= 0.3 is 0 Å². The highest BCUT2D eigenvalue weighted by Crippen LogP contribution is 2.36. The van der Waals surface area contributed by atoms with E-state index in [-0.39, 0.29) is 6.73 Å². The first kappa shape index (κ1) is 13.1. The van der Waals surface area contributed by atoms with Crippen LogP contribution in [0.25, 0.3) is 32.7 Å². The highest BCUT2D eigenvalue weighted by Gasteiger charge is 2.17. The minimum atomic E-state index is -0.429. The van der Waals surface area contributed by atoms with Crippen molar-refractivity contribution in [3.63, 3.8) is 0 Å². The number of aromatic nitrogens is 2. The Balaban J connectivity index is 2.28. The van der Waals surface area contributed by atoms with Crippen LogP contribution in [0, 0.1) is 0 Å². The molecule has 2 N–H and O–H groups in total. The van der Waals surface area contributed by atoms with E-state index in [0.717, 1.165) is 32.7 Å². The van der Waals surface area contributed by atoms with Gasteiger partial charge in [-0.3, -0.25) is 0 Å². The molecule has 2 aromatic carbocycles. The Morgan fingerprint density at radius 1 is 0.909 bits per heavy atom. The van der Waals surface area contributed by atoms with Gasteiger partial charge in [0.1, 0.15) is 12.2 Å². The highest BCUT2D eigenvalue weighted by atomic mass is 16.6. The van der Waals surface area contributed by atoms with Crippen LogP contribution in [0.5, 0.6) is 5.88 Å². The van der Waals surface area contributed by atoms with Gasteiger partial charge < -0.3 is 19.5 Å². The molecule has 0 amide bonds. The third-order valence-electron chi connectivity index (χ3n) is 3.91. The Kier molecular flexibility index (Phi) is 2.96. The van der Waals surface area contributed by atoms with Crippen LogP contribution in [-0.4, -0.2) is 26.6 Å². The topological polar surface area (TPSA) is 67.5 Å². The SMILES string of the molecule is OCOc1nc2c3ccccc3n(CO)c2c2ccccc12. The van der Waals surface area contributed by atoms with E-state index in [1.165, 1.54) is 0 Å². The summed E-state index contributed by atoms with van der Waals surface area (Å²) < 4.78 is 7.13. The molecule has 22 heavy (non-hydrogen) atoms. The average molecular weight is 294 g/mol. The lowest BCUT2D eigenvalue weighted by Crippen LogP contribution is -2.00. The van der Waals surface area contributed by atoms with Crippen LogP contribution < -0.4 is 4.74 Å². The second kappa shape index (κ2) is 4.98. The number of aliphatic hydroxyl groups is 2. The second-order valence-corrected chi connectivity index (χ2v) is 5.02. The first-order valence-corrected chi connectivity index (χ1v) is 6.99. The molecule has 0 saturated heterocycles. The van der Waals surface area contributed by atoms with E-state index in [2.05, 4.69) is 4.98 Å². The zero-order chi connectivity index (χ0) is 15.1. The van der Waals surface area contributed by atoms with Gasteiger partial charge in [-0.25, -0.2) is 4.98 Å². The fourth-order valence-corrected chi connectivity index (χ4v) is 3.03. The Bertz CT molecular complexity index is 991. The number of fused-ring (bicyclic) bond motifs is 5. The molecule has 0 atom stereocenters. The summed E-state index contributed by atoms with van der Waals surface area (Å²) in [4.78, 5) is 4.58. The lowest BCUT2D eigenvalue weighted by molar-refractivity contribution is 0.0960. The molecule has 0 saturated carbocycles. The minimum Gasteiger partial charge on any atom is -0.450 e. The molecule has 2 aromatic heterocycles. The molecule has 0 aliphatic carbocycles. The van der Waals surface area contributed by atoms with E-state index >= 15 is 0 Å². The molecule has 0 unspecified atom stereocenters. The Labute approximate surface area is 126 Å². The van der Waals surface area contributed by atoms with Gasteiger partial charge in [0.05, 0.1) is 11.0 Å². The van der Waals surface area contributed by atoms with Crippen molar-refractivity contribution >= 4 is 32.7 Å². The molecule has 0 fully saturated rings. The van der Waals surface area contributed by atoms with Crippen LogP contribution in [0.15, 0.2) is 48.5 Å². The van der Waals surface area contributed by atoms with Gasteiger partial charge in [0, 0.05) is 16.2 Å². The van der Waals surface area contributed by atoms with Gasteiger partial charge in [0.15, 0.2) is 6.79 Å². The molecule has 0 bridgehead atoms. The van der Waals surface area contributed by atoms with E-state index in [0.29, 0.717) is 5.88 Å². The van der Waals surface area contributed by atoms with Gasteiger partial charge in [-0.2, -0.15) is 0 Å². The van der Waals surface area contributed by atoms with E-state index in [9.17, 15) is 5.11 Å². The summed E-state index contributed by atoms with van der Waals surface area (Å²) in [6.07, 6.45) is 0. The first-order valence-electron chi connectivity index (χ1n) is 6.99. The normalized spacial score (nSPS) is 11.5. The van der Waals surface area contributed by atoms with Crippen LogP contribution in [0.1, 0.15) is 0 Å². The van der Waals surface area contributed by atoms with Gasteiger partial charge in [-0.15, -0.1) is 0 Å². The van der Waals surface area contributed by atoms with Crippen molar-refractivity contribution in [2.45, 2.75) is 6.73 Å². The minimum absolute atomic E-state index is 0.129. The smallest absolute Gasteiger partial charge is 0.224 e. The summed E-state index contributed by atoms with van der Waals surface area (Å²) in [7, 11) is 0. The van der Waals surface area contributed by atoms with Crippen molar-refractivity contribution in [1.29, 1.82) is 0 Å². The summed E-state index contributed by atoms with van der Waals surface area (Å²) in [5.74, 6) is 0.395. The van der Waals surface area contributed by atoms with Crippen LogP contribution in [0.3, 0.4) is 0 Å². The molecule has 5 heteroatoms. The molecule has 2 heterocycles. The van der Waals surface area contributed by atoms with Gasteiger partial charge in [-0.1, -0.05) is 36.4 Å². The number of para-hydroxylation sites is 1. The van der Waals surface area contributed by atoms with Gasteiger partial charge in [-0.05, 0) is 12.1 Å². The quantitative estimate of drug-likeness (QED) is 0.570. The van der Waals surface area contributed by atoms with Crippen LogP contribution in [0.4, 0.5) is 0 Å². The molecule has 4 rings (SSSR count). The van der Waals surface area contributed by atoms with Crippen LogP contribution in [0.2, 0.25) is 0 Å². The average Bonchev–Trinajstić information content (AvgIpc) is 2.89. The first-order chi connectivity index (χ1) is 10.8. The number of nitrogens with zero attached hydrogens (tertiary/aromatic N) is 2. The lowest BCUT2D eigenvalue weighted by atomic mass is 10.1. The number of pyridine rings is 1. The summed E-state index contributed by atoms with van der Waals surface area (Å²) in [6.45, 7) is -0.558. The van der Waals surface area contributed by atoms with Crippen LogP contribution in [-0.2, 0) is 6.73 Å². The summed E-state index contributed by atoms with van der Waals surface area (Å²) >= 11 is 0. The van der Waals surface area contributed by atoms with Crippen molar-refractivity contribution in [2.24, 2.45) is 0 Å². The number of rotatable bonds is 3. The maximum Gasteiger partial charge on any atom is 0.224 e. The van der Waals surface area contributed by atoms with Gasteiger partial charge in [0.2, 0.25) is 5.88 Å². The molecule has 110 valence electrons. The predicted molar refractivity (Wildman–Crippen MR) is 84.7 cm³/mol. The fraction of sp³-hybridized carbons (Fsp3) is 0.118. The third kappa shape index (κ3) is 1.70. The number of ether oxygens (including phenoxy) is 1. The molecule has 0 aliphatic heterocycles. The van der Waals surface area contributed by atoms with E-state index < -0.39 is 6.79 Å². The number of hydrogen-bond acceptors (Lipinski definition) is 4. The van der Waals surface area contributed by atoms with Crippen LogP contribution >= 0.6 is 0 Å². The summed E-state index contributed by atoms with van der Waals surface area (Å²) in [5.41, 5.74) is 2.54. The number of hydrogen-bond donors (Lipinski definition) is 2. The number of benzene rings is 2. The van der Waals surface area contributed by atoms with Crippen molar-refractivity contribution in [3.05, 3.63) is 48.5 Å². The predicted octanol–water partition coefficient (Wildman–Crippen LogP) is 2.62. The zero-order valence-corrected chi connectivity index (χ0v) is 11.7. The van der Waals surface area contributed by atoms with E-state index in [1.54, 1.807) is 0 Å². The maximum atomic E-state index is 9.82. The standard InChI is InChI=1S/C17H14N2O3/c20-9-19-14-8-4-3-7-13(14)15-16(19)11-5-1-2-6-12(11)17(18-15)22-10-21/h1-8,20-21H,9-10H2.